The maximum atomic E-state index is 11.4. The van der Waals surface area contributed by atoms with Crippen molar-refractivity contribution in [2.24, 2.45) is 11.8 Å². The van der Waals surface area contributed by atoms with Crippen molar-refractivity contribution in [3.05, 3.63) is 23.8 Å². The molecular weight excluding hydrogens is 242 g/mol. The summed E-state index contributed by atoms with van der Waals surface area (Å²) in [6.07, 6.45) is 3.90. The molecule has 102 valence electrons. The van der Waals surface area contributed by atoms with Gasteiger partial charge in [-0.2, -0.15) is 0 Å². The van der Waals surface area contributed by atoms with Gasteiger partial charge in [-0.1, -0.05) is 6.42 Å². The van der Waals surface area contributed by atoms with Crippen molar-refractivity contribution >= 4 is 11.7 Å². The summed E-state index contributed by atoms with van der Waals surface area (Å²) < 4.78 is 5.22. The Morgan fingerprint density at radius 3 is 2.58 bits per heavy atom. The van der Waals surface area contributed by atoms with Gasteiger partial charge in [-0.15, -0.1) is 0 Å². The fourth-order valence-electron chi connectivity index (χ4n) is 3.51. The Morgan fingerprint density at radius 1 is 1.32 bits per heavy atom. The molecule has 1 saturated heterocycles. The van der Waals surface area contributed by atoms with E-state index in [0.29, 0.717) is 5.56 Å². The number of anilines is 1. The van der Waals surface area contributed by atoms with Gasteiger partial charge in [0.25, 0.3) is 0 Å². The van der Waals surface area contributed by atoms with Crippen LogP contribution in [0.15, 0.2) is 18.2 Å². The van der Waals surface area contributed by atoms with Crippen LogP contribution in [0, 0.1) is 11.8 Å². The maximum Gasteiger partial charge on any atom is 0.337 e. The second kappa shape index (κ2) is 4.76. The fourth-order valence-corrected chi connectivity index (χ4v) is 3.51. The van der Waals surface area contributed by atoms with Crippen LogP contribution in [0.1, 0.15) is 29.6 Å². The molecule has 1 heterocycles. The third-order valence-electron chi connectivity index (χ3n) is 4.50. The molecule has 2 unspecified atom stereocenters. The second-order valence-corrected chi connectivity index (χ2v) is 5.54. The SMILES string of the molecule is COc1ccc(C(=O)O)c(N2CC3CCCC3C2)c1. The first-order valence-corrected chi connectivity index (χ1v) is 6.85. The van der Waals surface area contributed by atoms with Crippen LogP contribution in [0.3, 0.4) is 0 Å². The normalized spacial score (nSPS) is 25.4. The number of hydrogen-bond acceptors (Lipinski definition) is 3. The molecule has 3 rings (SSSR count). The highest BCUT2D eigenvalue weighted by molar-refractivity contribution is 5.95. The van der Waals surface area contributed by atoms with Crippen LogP contribution in [-0.2, 0) is 0 Å². The number of methoxy groups -OCH3 is 1. The molecule has 1 aliphatic carbocycles. The number of carbonyl (C=O) groups is 1. The minimum atomic E-state index is -0.866. The summed E-state index contributed by atoms with van der Waals surface area (Å²) in [5, 5.41) is 9.33. The van der Waals surface area contributed by atoms with Crippen LogP contribution >= 0.6 is 0 Å². The molecule has 2 atom stereocenters. The lowest BCUT2D eigenvalue weighted by Crippen LogP contribution is -2.23. The Morgan fingerprint density at radius 2 is 2.00 bits per heavy atom. The van der Waals surface area contributed by atoms with Gasteiger partial charge >= 0.3 is 5.97 Å². The lowest BCUT2D eigenvalue weighted by atomic mass is 10.0. The highest BCUT2D eigenvalue weighted by atomic mass is 16.5. The zero-order valence-corrected chi connectivity index (χ0v) is 11.1. The van der Waals surface area contributed by atoms with E-state index in [1.165, 1.54) is 19.3 Å². The van der Waals surface area contributed by atoms with E-state index < -0.39 is 5.97 Å². The van der Waals surface area contributed by atoms with Crippen molar-refractivity contribution in [3.63, 3.8) is 0 Å². The number of rotatable bonds is 3. The van der Waals surface area contributed by atoms with Gasteiger partial charge in [0.1, 0.15) is 5.75 Å². The standard InChI is InChI=1S/C15H19NO3/c1-19-12-5-6-13(15(17)18)14(7-12)16-8-10-3-2-4-11(10)9-16/h5-7,10-11H,2-4,8-9H2,1H3,(H,17,18). The highest BCUT2D eigenvalue weighted by Gasteiger charge is 2.37. The third-order valence-corrected chi connectivity index (χ3v) is 4.50. The van der Waals surface area contributed by atoms with E-state index in [-0.39, 0.29) is 0 Å². The summed E-state index contributed by atoms with van der Waals surface area (Å²) >= 11 is 0. The van der Waals surface area contributed by atoms with Crippen molar-refractivity contribution in [1.29, 1.82) is 0 Å². The smallest absolute Gasteiger partial charge is 0.337 e. The first-order valence-electron chi connectivity index (χ1n) is 6.85. The van der Waals surface area contributed by atoms with Gasteiger partial charge in [0.2, 0.25) is 0 Å². The van der Waals surface area contributed by atoms with Crippen molar-refractivity contribution in [2.45, 2.75) is 19.3 Å². The molecule has 1 aromatic rings. The van der Waals surface area contributed by atoms with E-state index in [0.717, 1.165) is 36.4 Å². The van der Waals surface area contributed by atoms with Gasteiger partial charge in [0.15, 0.2) is 0 Å². The van der Waals surface area contributed by atoms with Crippen LogP contribution < -0.4 is 9.64 Å². The van der Waals surface area contributed by atoms with E-state index in [4.69, 9.17) is 4.74 Å². The zero-order valence-electron chi connectivity index (χ0n) is 11.1. The van der Waals surface area contributed by atoms with Crippen LogP contribution in [-0.4, -0.2) is 31.3 Å². The van der Waals surface area contributed by atoms with Crippen molar-refractivity contribution in [2.75, 3.05) is 25.1 Å². The Kier molecular flexibility index (Phi) is 3.09. The first kappa shape index (κ1) is 12.3. The van der Waals surface area contributed by atoms with Gasteiger partial charge < -0.3 is 14.7 Å². The van der Waals surface area contributed by atoms with E-state index in [2.05, 4.69) is 4.90 Å². The molecule has 19 heavy (non-hydrogen) atoms. The van der Waals surface area contributed by atoms with Crippen LogP contribution in [0.25, 0.3) is 0 Å². The number of nitrogens with zero attached hydrogens (tertiary/aromatic N) is 1. The molecule has 1 aliphatic heterocycles. The molecule has 2 fully saturated rings. The van der Waals surface area contributed by atoms with Crippen LogP contribution in [0.2, 0.25) is 0 Å². The minimum absolute atomic E-state index is 0.376. The number of benzene rings is 1. The largest absolute Gasteiger partial charge is 0.497 e. The summed E-state index contributed by atoms with van der Waals surface area (Å²) in [5.74, 6) is 1.34. The molecule has 1 N–H and O–H groups in total. The Labute approximate surface area is 113 Å². The lowest BCUT2D eigenvalue weighted by Gasteiger charge is -2.22. The number of fused-ring (bicyclic) bond motifs is 1. The van der Waals surface area contributed by atoms with Gasteiger partial charge in [-0.3, -0.25) is 0 Å². The molecule has 4 heteroatoms. The van der Waals surface area contributed by atoms with Crippen molar-refractivity contribution in [1.82, 2.24) is 0 Å². The molecule has 4 nitrogen and oxygen atoms in total. The molecule has 2 aliphatic rings. The van der Waals surface area contributed by atoms with E-state index in [1.807, 2.05) is 6.07 Å². The van der Waals surface area contributed by atoms with Crippen LogP contribution in [0.5, 0.6) is 5.75 Å². The topological polar surface area (TPSA) is 49.8 Å². The van der Waals surface area contributed by atoms with Crippen LogP contribution in [0.4, 0.5) is 5.69 Å². The predicted octanol–water partition coefficient (Wildman–Crippen LogP) is 2.63. The fraction of sp³-hybridized carbons (Fsp3) is 0.533. The summed E-state index contributed by atoms with van der Waals surface area (Å²) in [7, 11) is 1.61. The maximum absolute atomic E-state index is 11.4. The number of carboxylic acids is 1. The first-order chi connectivity index (χ1) is 9.19. The van der Waals surface area contributed by atoms with Gasteiger partial charge in [0.05, 0.1) is 18.4 Å². The van der Waals surface area contributed by atoms with Gasteiger partial charge in [-0.05, 0) is 36.8 Å². The average Bonchev–Trinajstić information content (AvgIpc) is 2.98. The Balaban J connectivity index is 1.92. The van der Waals surface area contributed by atoms with E-state index in [1.54, 1.807) is 19.2 Å². The van der Waals surface area contributed by atoms with E-state index >= 15 is 0 Å². The second-order valence-electron chi connectivity index (χ2n) is 5.54. The highest BCUT2D eigenvalue weighted by Crippen LogP contribution is 2.41. The lowest BCUT2D eigenvalue weighted by molar-refractivity contribution is 0.0697. The Hall–Kier alpha value is -1.71. The monoisotopic (exact) mass is 261 g/mol. The molecule has 0 radical (unpaired) electrons. The number of aromatic carboxylic acids is 1. The molecule has 0 bridgehead atoms. The Bertz CT molecular complexity index is 488. The molecule has 1 aromatic carbocycles. The summed E-state index contributed by atoms with van der Waals surface area (Å²) in [4.78, 5) is 13.6. The molecule has 0 aromatic heterocycles. The van der Waals surface area contributed by atoms with Crippen molar-refractivity contribution in [3.8, 4) is 5.75 Å². The number of carboxylic acid groups (broad SMARTS) is 1. The van der Waals surface area contributed by atoms with Gasteiger partial charge in [-0.25, -0.2) is 4.79 Å². The quantitative estimate of drug-likeness (QED) is 0.908. The summed E-state index contributed by atoms with van der Waals surface area (Å²) in [6, 6.07) is 5.21. The van der Waals surface area contributed by atoms with Gasteiger partial charge in [0, 0.05) is 19.2 Å². The molecule has 1 saturated carbocycles. The average molecular weight is 261 g/mol. The molecule has 0 amide bonds. The summed E-state index contributed by atoms with van der Waals surface area (Å²) in [6.45, 7) is 1.97. The number of hydrogen-bond donors (Lipinski definition) is 1. The predicted molar refractivity (Wildman–Crippen MR) is 73.0 cm³/mol. The third kappa shape index (κ3) is 2.15. The van der Waals surface area contributed by atoms with Crippen molar-refractivity contribution < 1.29 is 14.6 Å². The number of ether oxygens (including phenoxy) is 1. The minimum Gasteiger partial charge on any atom is -0.497 e. The summed E-state index contributed by atoms with van der Waals surface area (Å²) in [5.41, 5.74) is 1.18. The van der Waals surface area contributed by atoms with E-state index in [9.17, 15) is 9.90 Å². The molecule has 0 spiro atoms. The zero-order chi connectivity index (χ0) is 13.4. The molecular formula is C15H19NO3.